The van der Waals surface area contributed by atoms with Crippen molar-refractivity contribution in [1.82, 2.24) is 10.2 Å². The van der Waals surface area contributed by atoms with Crippen molar-refractivity contribution in [2.45, 2.75) is 32.6 Å². The molecule has 0 aliphatic carbocycles. The zero-order valence-electron chi connectivity index (χ0n) is 14.9. The van der Waals surface area contributed by atoms with Gasteiger partial charge < -0.3 is 9.47 Å². The normalized spacial score (nSPS) is 11.7. The maximum atomic E-state index is 12.5. The van der Waals surface area contributed by atoms with Gasteiger partial charge in [-0.1, -0.05) is 31.6 Å². The van der Waals surface area contributed by atoms with Gasteiger partial charge >= 0.3 is 0 Å². The van der Waals surface area contributed by atoms with Crippen molar-refractivity contribution >= 4 is 28.1 Å². The van der Waals surface area contributed by atoms with Gasteiger partial charge in [0.25, 0.3) is 11.6 Å². The Kier molecular flexibility index (Phi) is 6.45. The molecule has 140 valence electrons. The van der Waals surface area contributed by atoms with Gasteiger partial charge in [-0.3, -0.25) is 20.2 Å². The summed E-state index contributed by atoms with van der Waals surface area (Å²) in [7, 11) is 2.75. The molecule has 0 aliphatic rings. The second-order valence-corrected chi connectivity index (χ2v) is 6.58. The fraction of sp³-hybridized carbons (Fsp3) is 0.438. The number of nitro groups is 1. The van der Waals surface area contributed by atoms with Crippen LogP contribution in [-0.2, 0) is 0 Å². The molecule has 9 nitrogen and oxygen atoms in total. The molecule has 0 radical (unpaired) electrons. The number of amides is 1. The van der Waals surface area contributed by atoms with Crippen molar-refractivity contribution < 1.29 is 19.2 Å². The van der Waals surface area contributed by atoms with Crippen LogP contribution in [0.4, 0.5) is 10.8 Å². The van der Waals surface area contributed by atoms with Crippen LogP contribution in [0.1, 0.15) is 48.0 Å². The molecule has 26 heavy (non-hydrogen) atoms. The summed E-state index contributed by atoms with van der Waals surface area (Å²) < 4.78 is 10.2. The van der Waals surface area contributed by atoms with Gasteiger partial charge in [-0.2, -0.15) is 0 Å². The van der Waals surface area contributed by atoms with Crippen molar-refractivity contribution in [3.05, 3.63) is 32.8 Å². The second kappa shape index (κ2) is 8.56. The summed E-state index contributed by atoms with van der Waals surface area (Å²) in [5.74, 6) is -0.0396. The summed E-state index contributed by atoms with van der Waals surface area (Å²) in [6.45, 7) is 4.12. The topological polar surface area (TPSA) is 116 Å². The molecule has 0 saturated heterocycles. The first-order valence-electron chi connectivity index (χ1n) is 7.96. The van der Waals surface area contributed by atoms with Crippen LogP contribution >= 0.6 is 11.3 Å². The van der Waals surface area contributed by atoms with Crippen molar-refractivity contribution in [2.75, 3.05) is 19.5 Å². The van der Waals surface area contributed by atoms with Crippen LogP contribution in [0.5, 0.6) is 11.5 Å². The SMILES string of the molecule is CCC[C@H](C)c1nnc(NC(=O)c2cc(OC)c(OC)cc2[N+](=O)[O-])s1. The van der Waals surface area contributed by atoms with Crippen molar-refractivity contribution in [3.8, 4) is 11.5 Å². The number of aromatic nitrogens is 2. The summed E-state index contributed by atoms with van der Waals surface area (Å²) in [4.78, 5) is 23.2. The molecule has 0 bridgehead atoms. The van der Waals surface area contributed by atoms with Crippen LogP contribution < -0.4 is 14.8 Å². The number of methoxy groups -OCH3 is 2. The smallest absolute Gasteiger partial charge is 0.286 e. The monoisotopic (exact) mass is 380 g/mol. The van der Waals surface area contributed by atoms with Crippen LogP contribution in [0.25, 0.3) is 0 Å². The lowest BCUT2D eigenvalue weighted by atomic mass is 10.1. The molecule has 1 aromatic carbocycles. The molecule has 10 heteroatoms. The van der Waals surface area contributed by atoms with Gasteiger partial charge in [-0.25, -0.2) is 0 Å². The molecule has 1 N–H and O–H groups in total. The number of carbonyl (C=O) groups excluding carboxylic acids is 1. The van der Waals surface area contributed by atoms with E-state index in [1.807, 2.05) is 6.92 Å². The number of rotatable bonds is 8. The average Bonchev–Trinajstić information content (AvgIpc) is 3.09. The Morgan fingerprint density at radius 2 is 1.96 bits per heavy atom. The number of hydrogen-bond donors (Lipinski definition) is 1. The first kappa shape index (κ1) is 19.6. The van der Waals surface area contributed by atoms with Gasteiger partial charge in [0.2, 0.25) is 5.13 Å². The highest BCUT2D eigenvalue weighted by atomic mass is 32.1. The first-order valence-corrected chi connectivity index (χ1v) is 8.78. The van der Waals surface area contributed by atoms with E-state index in [0.717, 1.165) is 23.9 Å². The van der Waals surface area contributed by atoms with Gasteiger partial charge in [0.05, 0.1) is 25.2 Å². The minimum atomic E-state index is -0.663. The number of benzene rings is 1. The third-order valence-corrected chi connectivity index (χ3v) is 4.82. The summed E-state index contributed by atoms with van der Waals surface area (Å²) >= 11 is 1.26. The molecule has 0 unspecified atom stereocenters. The second-order valence-electron chi connectivity index (χ2n) is 5.57. The highest BCUT2D eigenvalue weighted by Gasteiger charge is 2.25. The Morgan fingerprint density at radius 3 is 2.54 bits per heavy atom. The molecule has 2 rings (SSSR count). The van der Waals surface area contributed by atoms with E-state index in [9.17, 15) is 14.9 Å². The molecule has 0 spiro atoms. The van der Waals surface area contributed by atoms with Crippen molar-refractivity contribution in [3.63, 3.8) is 0 Å². The van der Waals surface area contributed by atoms with E-state index in [2.05, 4.69) is 22.4 Å². The molecule has 1 amide bonds. The van der Waals surface area contributed by atoms with E-state index >= 15 is 0 Å². The third kappa shape index (κ3) is 4.26. The number of carbonyl (C=O) groups is 1. The maximum absolute atomic E-state index is 12.5. The van der Waals surface area contributed by atoms with Crippen LogP contribution in [0.3, 0.4) is 0 Å². The Labute approximate surface area is 154 Å². The van der Waals surface area contributed by atoms with Gasteiger partial charge in [0.1, 0.15) is 10.6 Å². The molecule has 1 atom stereocenters. The number of nitrogens with one attached hydrogen (secondary N) is 1. The highest BCUT2D eigenvalue weighted by Crippen LogP contribution is 2.35. The van der Waals surface area contributed by atoms with E-state index in [4.69, 9.17) is 9.47 Å². The fourth-order valence-electron chi connectivity index (χ4n) is 2.41. The molecule has 0 aliphatic heterocycles. The summed E-state index contributed by atoms with van der Waals surface area (Å²) in [6, 6.07) is 2.43. The molecule has 0 saturated carbocycles. The summed E-state index contributed by atoms with van der Waals surface area (Å²) in [5, 5.41) is 23.0. The molecule has 1 aromatic heterocycles. The van der Waals surface area contributed by atoms with Crippen LogP contribution in [-0.4, -0.2) is 35.2 Å². The largest absolute Gasteiger partial charge is 0.493 e. The van der Waals surface area contributed by atoms with E-state index in [1.165, 1.54) is 31.6 Å². The lowest BCUT2D eigenvalue weighted by molar-refractivity contribution is -0.385. The quantitative estimate of drug-likeness (QED) is 0.549. The van der Waals surface area contributed by atoms with Crippen LogP contribution in [0.15, 0.2) is 12.1 Å². The predicted octanol–water partition coefficient (Wildman–Crippen LogP) is 3.62. The average molecular weight is 380 g/mol. The lowest BCUT2D eigenvalue weighted by Gasteiger charge is -2.10. The van der Waals surface area contributed by atoms with Gasteiger partial charge in [-0.15, -0.1) is 10.2 Å². The van der Waals surface area contributed by atoms with E-state index < -0.39 is 10.8 Å². The van der Waals surface area contributed by atoms with Crippen LogP contribution in [0, 0.1) is 10.1 Å². The fourth-order valence-corrected chi connectivity index (χ4v) is 3.23. The Bertz CT molecular complexity index is 808. The summed E-state index contributed by atoms with van der Waals surface area (Å²) in [6.07, 6.45) is 1.98. The standard InChI is InChI=1S/C16H20N4O5S/c1-5-6-9(2)15-18-19-16(26-15)17-14(21)10-7-12(24-3)13(25-4)8-11(10)20(22)23/h7-9H,5-6H2,1-4H3,(H,17,19,21)/t9-/m0/s1. The molecular weight excluding hydrogens is 360 g/mol. The van der Waals surface area contributed by atoms with E-state index in [1.54, 1.807) is 0 Å². The zero-order chi connectivity index (χ0) is 19.3. The van der Waals surface area contributed by atoms with Gasteiger partial charge in [0, 0.05) is 12.0 Å². The molecule has 0 fully saturated rings. The summed E-state index contributed by atoms with van der Waals surface area (Å²) in [5.41, 5.74) is -0.532. The highest BCUT2D eigenvalue weighted by molar-refractivity contribution is 7.15. The zero-order valence-corrected chi connectivity index (χ0v) is 15.8. The third-order valence-electron chi connectivity index (χ3n) is 3.75. The number of nitro benzene ring substituents is 1. The maximum Gasteiger partial charge on any atom is 0.286 e. The van der Waals surface area contributed by atoms with E-state index in [0.29, 0.717) is 0 Å². The number of ether oxygens (including phenoxy) is 2. The minimum Gasteiger partial charge on any atom is -0.493 e. The first-order chi connectivity index (χ1) is 12.4. The van der Waals surface area contributed by atoms with Crippen molar-refractivity contribution in [2.24, 2.45) is 0 Å². The Hall–Kier alpha value is -2.75. The number of nitrogens with zero attached hydrogens (tertiary/aromatic N) is 3. The number of hydrogen-bond acceptors (Lipinski definition) is 8. The lowest BCUT2D eigenvalue weighted by Crippen LogP contribution is -2.14. The molecular formula is C16H20N4O5S. The minimum absolute atomic E-state index is 0.147. The van der Waals surface area contributed by atoms with Crippen molar-refractivity contribution in [1.29, 1.82) is 0 Å². The van der Waals surface area contributed by atoms with Gasteiger partial charge in [0.15, 0.2) is 11.5 Å². The molecule has 1 heterocycles. The van der Waals surface area contributed by atoms with Gasteiger partial charge in [-0.05, 0) is 6.42 Å². The van der Waals surface area contributed by atoms with Crippen LogP contribution in [0.2, 0.25) is 0 Å². The predicted molar refractivity (Wildman–Crippen MR) is 97.4 cm³/mol. The Balaban J connectivity index is 2.30. The Morgan fingerprint density at radius 1 is 1.31 bits per heavy atom. The number of anilines is 1. The van der Waals surface area contributed by atoms with E-state index in [-0.39, 0.29) is 33.8 Å². The molecule has 2 aromatic rings.